The van der Waals surface area contributed by atoms with Crippen molar-refractivity contribution in [2.45, 2.75) is 20.4 Å². The molecule has 1 aromatic carbocycles. The third-order valence-electron chi connectivity index (χ3n) is 2.11. The van der Waals surface area contributed by atoms with Crippen LogP contribution < -0.4 is 0 Å². The van der Waals surface area contributed by atoms with Gasteiger partial charge in [0.2, 0.25) is 0 Å². The maximum absolute atomic E-state index is 11.1. The topological polar surface area (TPSA) is 49.7 Å². The van der Waals surface area contributed by atoms with Gasteiger partial charge in [0.1, 0.15) is 5.76 Å². The summed E-state index contributed by atoms with van der Waals surface area (Å²) in [6.45, 7) is 3.39. The summed E-state index contributed by atoms with van der Waals surface area (Å²) in [6, 6.07) is 9.72. The number of aliphatic imine (C=N–C) groups is 1. The second-order valence-corrected chi connectivity index (χ2v) is 3.51. The predicted molar refractivity (Wildman–Crippen MR) is 64.6 cm³/mol. The number of ketones is 1. The highest BCUT2D eigenvalue weighted by Gasteiger charge is 2.03. The molecule has 0 unspecified atom stereocenters. The first-order valence-corrected chi connectivity index (χ1v) is 5.06. The highest BCUT2D eigenvalue weighted by atomic mass is 16.3. The van der Waals surface area contributed by atoms with Crippen LogP contribution in [-0.4, -0.2) is 17.1 Å². The van der Waals surface area contributed by atoms with E-state index >= 15 is 0 Å². The van der Waals surface area contributed by atoms with Crippen LogP contribution in [0.3, 0.4) is 0 Å². The fourth-order valence-corrected chi connectivity index (χ4v) is 1.26. The van der Waals surface area contributed by atoms with Crippen LogP contribution in [0.25, 0.3) is 0 Å². The van der Waals surface area contributed by atoms with Crippen molar-refractivity contribution in [3.63, 3.8) is 0 Å². The molecular weight excluding hydrogens is 202 g/mol. The molecule has 0 bridgehead atoms. The Morgan fingerprint density at radius 1 is 1.31 bits per heavy atom. The van der Waals surface area contributed by atoms with Crippen molar-refractivity contribution in [1.82, 2.24) is 0 Å². The average Bonchev–Trinajstić information content (AvgIpc) is 2.24. The number of carbonyl (C=O) groups is 1. The number of hydrogen-bond donors (Lipinski definition) is 1. The minimum atomic E-state index is -0.184. The zero-order valence-corrected chi connectivity index (χ0v) is 9.47. The van der Waals surface area contributed by atoms with E-state index in [0.717, 1.165) is 5.56 Å². The van der Waals surface area contributed by atoms with Gasteiger partial charge in [0.05, 0.1) is 12.1 Å². The molecule has 0 aromatic heterocycles. The van der Waals surface area contributed by atoms with E-state index < -0.39 is 0 Å². The van der Waals surface area contributed by atoms with Crippen molar-refractivity contribution in [3.05, 3.63) is 47.2 Å². The van der Waals surface area contributed by atoms with Gasteiger partial charge in [0.15, 0.2) is 5.78 Å². The monoisotopic (exact) mass is 217 g/mol. The first-order chi connectivity index (χ1) is 7.61. The van der Waals surface area contributed by atoms with Crippen LogP contribution in [0.4, 0.5) is 0 Å². The van der Waals surface area contributed by atoms with E-state index in [2.05, 4.69) is 4.99 Å². The number of nitrogens with zero attached hydrogens (tertiary/aromatic N) is 1. The zero-order chi connectivity index (χ0) is 12.0. The Hall–Kier alpha value is -1.90. The summed E-state index contributed by atoms with van der Waals surface area (Å²) >= 11 is 0. The molecule has 84 valence electrons. The van der Waals surface area contributed by atoms with Gasteiger partial charge in [-0.3, -0.25) is 9.79 Å². The highest BCUT2D eigenvalue weighted by molar-refractivity contribution is 6.12. The molecule has 1 aromatic rings. The van der Waals surface area contributed by atoms with Gasteiger partial charge in [0, 0.05) is 6.21 Å². The van der Waals surface area contributed by atoms with E-state index in [4.69, 9.17) is 0 Å². The Morgan fingerprint density at radius 3 is 2.44 bits per heavy atom. The summed E-state index contributed by atoms with van der Waals surface area (Å²) in [5.41, 5.74) is 1.33. The molecule has 0 radical (unpaired) electrons. The average molecular weight is 217 g/mol. The number of aliphatic hydroxyl groups is 1. The summed E-state index contributed by atoms with van der Waals surface area (Å²) in [7, 11) is 0. The van der Waals surface area contributed by atoms with E-state index in [1.54, 1.807) is 0 Å². The molecule has 1 rings (SSSR count). The first-order valence-electron chi connectivity index (χ1n) is 5.06. The van der Waals surface area contributed by atoms with Crippen molar-refractivity contribution < 1.29 is 9.90 Å². The van der Waals surface area contributed by atoms with Crippen molar-refractivity contribution in [1.29, 1.82) is 0 Å². The lowest BCUT2D eigenvalue weighted by atomic mass is 10.2. The fourth-order valence-electron chi connectivity index (χ4n) is 1.26. The van der Waals surface area contributed by atoms with E-state index in [-0.39, 0.29) is 17.1 Å². The van der Waals surface area contributed by atoms with Gasteiger partial charge in [-0.15, -0.1) is 0 Å². The molecule has 0 amide bonds. The van der Waals surface area contributed by atoms with Crippen molar-refractivity contribution in [2.24, 2.45) is 4.99 Å². The Balaban J connectivity index is 2.68. The number of carbonyl (C=O) groups excluding carboxylic acids is 1. The summed E-state index contributed by atoms with van der Waals surface area (Å²) in [4.78, 5) is 15.2. The minimum Gasteiger partial charge on any atom is -0.512 e. The number of aliphatic hydroxyl groups excluding tert-OH is 1. The lowest BCUT2D eigenvalue weighted by Crippen LogP contribution is -2.01. The Labute approximate surface area is 95.1 Å². The van der Waals surface area contributed by atoms with Crippen LogP contribution in [0.1, 0.15) is 19.4 Å². The van der Waals surface area contributed by atoms with E-state index in [9.17, 15) is 9.90 Å². The van der Waals surface area contributed by atoms with Crippen LogP contribution in [-0.2, 0) is 11.3 Å². The van der Waals surface area contributed by atoms with Gasteiger partial charge in [-0.05, 0) is 19.4 Å². The molecule has 0 aliphatic heterocycles. The number of hydrogen-bond acceptors (Lipinski definition) is 3. The maximum Gasteiger partial charge on any atom is 0.164 e. The van der Waals surface area contributed by atoms with E-state index in [0.29, 0.717) is 6.54 Å². The number of allylic oxidation sites excluding steroid dienone is 2. The normalized spacial score (nSPS) is 12.6. The Bertz CT molecular complexity index is 415. The molecule has 0 heterocycles. The molecule has 0 saturated carbocycles. The van der Waals surface area contributed by atoms with Crippen LogP contribution >= 0.6 is 0 Å². The summed E-state index contributed by atoms with van der Waals surface area (Å²) in [6.07, 6.45) is 1.42. The van der Waals surface area contributed by atoms with Crippen molar-refractivity contribution in [3.8, 4) is 0 Å². The SMILES string of the molecule is CC(=O)C(C=NCc1ccccc1)=C(C)O. The first kappa shape index (κ1) is 12.2. The van der Waals surface area contributed by atoms with Gasteiger partial charge < -0.3 is 5.11 Å². The lowest BCUT2D eigenvalue weighted by Gasteiger charge is -1.98. The number of rotatable bonds is 4. The largest absolute Gasteiger partial charge is 0.512 e. The maximum atomic E-state index is 11.1. The number of benzene rings is 1. The summed E-state index contributed by atoms with van der Waals surface area (Å²) in [5.74, 6) is -0.180. The highest BCUT2D eigenvalue weighted by Crippen LogP contribution is 2.03. The molecule has 1 N–H and O–H groups in total. The molecule has 0 aliphatic carbocycles. The molecule has 3 nitrogen and oxygen atoms in total. The van der Waals surface area contributed by atoms with E-state index in [1.807, 2.05) is 30.3 Å². The van der Waals surface area contributed by atoms with Crippen molar-refractivity contribution in [2.75, 3.05) is 0 Å². The van der Waals surface area contributed by atoms with Crippen molar-refractivity contribution >= 4 is 12.0 Å². The summed E-state index contributed by atoms with van der Waals surface area (Å²) < 4.78 is 0. The zero-order valence-electron chi connectivity index (χ0n) is 9.47. The van der Waals surface area contributed by atoms with Crippen LogP contribution in [0.5, 0.6) is 0 Å². The van der Waals surface area contributed by atoms with Gasteiger partial charge in [-0.25, -0.2) is 0 Å². The second kappa shape index (κ2) is 5.85. The standard InChI is InChI=1S/C13H15NO2/c1-10(15)13(11(2)16)9-14-8-12-6-4-3-5-7-12/h3-7,9,15H,8H2,1-2H3. The van der Waals surface area contributed by atoms with Gasteiger partial charge in [0.25, 0.3) is 0 Å². The van der Waals surface area contributed by atoms with Crippen LogP contribution in [0, 0.1) is 0 Å². The molecule has 16 heavy (non-hydrogen) atoms. The minimum absolute atomic E-state index is 0.00399. The molecule has 0 fully saturated rings. The van der Waals surface area contributed by atoms with Crippen LogP contribution in [0.2, 0.25) is 0 Å². The Kier molecular flexibility index (Phi) is 4.45. The number of Topliss-reactive ketones (excluding diaryl/α,β-unsaturated/α-hetero) is 1. The molecular formula is C13H15NO2. The Morgan fingerprint density at radius 2 is 1.94 bits per heavy atom. The smallest absolute Gasteiger partial charge is 0.164 e. The molecule has 0 aliphatic rings. The van der Waals surface area contributed by atoms with Gasteiger partial charge in [-0.1, -0.05) is 30.3 Å². The molecule has 0 spiro atoms. The van der Waals surface area contributed by atoms with E-state index in [1.165, 1.54) is 20.1 Å². The fraction of sp³-hybridized carbons (Fsp3) is 0.231. The third kappa shape index (κ3) is 3.69. The van der Waals surface area contributed by atoms with Crippen LogP contribution in [0.15, 0.2) is 46.7 Å². The predicted octanol–water partition coefficient (Wildman–Crippen LogP) is 2.68. The molecule has 0 atom stereocenters. The summed E-state index contributed by atoms with van der Waals surface area (Å²) in [5, 5.41) is 9.25. The third-order valence-corrected chi connectivity index (χ3v) is 2.11. The van der Waals surface area contributed by atoms with Gasteiger partial charge >= 0.3 is 0 Å². The van der Waals surface area contributed by atoms with Gasteiger partial charge in [-0.2, -0.15) is 0 Å². The molecule has 0 saturated heterocycles. The quantitative estimate of drug-likeness (QED) is 0.479. The molecule has 3 heteroatoms. The second-order valence-electron chi connectivity index (χ2n) is 3.51. The lowest BCUT2D eigenvalue weighted by molar-refractivity contribution is -0.113.